The van der Waals surface area contributed by atoms with Crippen LogP contribution in [0, 0.1) is 6.92 Å². The Bertz CT molecular complexity index is 612. The Kier molecular flexibility index (Phi) is 3.56. The summed E-state index contributed by atoms with van der Waals surface area (Å²) in [6.07, 6.45) is 0. The molecule has 1 aliphatic rings. The number of hydrogen-bond acceptors (Lipinski definition) is 4. The van der Waals surface area contributed by atoms with Crippen molar-refractivity contribution in [3.63, 3.8) is 0 Å². The van der Waals surface area contributed by atoms with Crippen LogP contribution in [0.15, 0.2) is 36.4 Å². The van der Waals surface area contributed by atoms with Crippen LogP contribution in [-0.4, -0.2) is 18.1 Å². The Morgan fingerprint density at radius 3 is 2.90 bits per heavy atom. The lowest BCUT2D eigenvalue weighted by atomic mass is 10.2. The van der Waals surface area contributed by atoms with Crippen molar-refractivity contribution in [2.75, 3.05) is 18.1 Å². The van der Waals surface area contributed by atoms with Crippen molar-refractivity contribution in [1.82, 2.24) is 4.98 Å². The predicted octanol–water partition coefficient (Wildman–Crippen LogP) is 2.25. The molecule has 0 saturated heterocycles. The van der Waals surface area contributed by atoms with Crippen molar-refractivity contribution in [1.29, 1.82) is 0 Å². The minimum Gasteiger partial charge on any atom is -0.491 e. The third-order valence-electron chi connectivity index (χ3n) is 3.68. The van der Waals surface area contributed by atoms with Crippen molar-refractivity contribution in [2.45, 2.75) is 20.0 Å². The molecule has 4 heteroatoms. The smallest absolute Gasteiger partial charge is 0.129 e. The molecule has 1 aromatic carbocycles. The second-order valence-corrected chi connectivity index (χ2v) is 5.00. The molecule has 0 spiro atoms. The zero-order chi connectivity index (χ0) is 13.9. The van der Waals surface area contributed by atoms with Gasteiger partial charge >= 0.3 is 0 Å². The first-order chi connectivity index (χ1) is 9.78. The van der Waals surface area contributed by atoms with Crippen molar-refractivity contribution < 1.29 is 4.74 Å². The molecule has 0 aliphatic carbocycles. The van der Waals surface area contributed by atoms with Gasteiger partial charge in [0.15, 0.2) is 0 Å². The maximum absolute atomic E-state index is 5.79. The molecule has 0 fully saturated rings. The van der Waals surface area contributed by atoms with E-state index in [2.05, 4.69) is 22.0 Å². The Labute approximate surface area is 119 Å². The highest BCUT2D eigenvalue weighted by Gasteiger charge is 2.16. The minimum atomic E-state index is 0.533. The number of pyridine rings is 1. The molecule has 2 heterocycles. The normalized spacial score (nSPS) is 14.4. The maximum Gasteiger partial charge on any atom is 0.129 e. The van der Waals surface area contributed by atoms with Gasteiger partial charge in [-0.25, -0.2) is 4.98 Å². The van der Waals surface area contributed by atoms with E-state index < -0.39 is 0 Å². The first-order valence-electron chi connectivity index (χ1n) is 6.90. The number of para-hydroxylation sites is 1. The molecule has 20 heavy (non-hydrogen) atoms. The first-order valence-corrected chi connectivity index (χ1v) is 6.90. The molecule has 4 nitrogen and oxygen atoms in total. The van der Waals surface area contributed by atoms with E-state index in [1.807, 2.05) is 31.2 Å². The van der Waals surface area contributed by atoms with E-state index in [0.717, 1.165) is 35.9 Å². The third-order valence-corrected chi connectivity index (χ3v) is 3.68. The van der Waals surface area contributed by atoms with E-state index in [1.165, 1.54) is 5.56 Å². The van der Waals surface area contributed by atoms with E-state index in [4.69, 9.17) is 10.5 Å². The van der Waals surface area contributed by atoms with Gasteiger partial charge in [-0.2, -0.15) is 0 Å². The standard InChI is InChI=1S/C16H19N3O/c1-12-13(10-17)6-7-16(18-12)19-8-9-20-15-5-3-2-4-14(15)11-19/h2-7H,8-11,17H2,1H3. The quantitative estimate of drug-likeness (QED) is 0.908. The number of nitrogens with zero attached hydrogens (tertiary/aromatic N) is 2. The molecule has 104 valence electrons. The van der Waals surface area contributed by atoms with Gasteiger partial charge in [-0.3, -0.25) is 0 Å². The summed E-state index contributed by atoms with van der Waals surface area (Å²) in [6, 6.07) is 12.3. The number of rotatable bonds is 2. The van der Waals surface area contributed by atoms with Crippen molar-refractivity contribution >= 4 is 5.82 Å². The van der Waals surface area contributed by atoms with Crippen LogP contribution in [0.3, 0.4) is 0 Å². The van der Waals surface area contributed by atoms with E-state index in [1.54, 1.807) is 0 Å². The second-order valence-electron chi connectivity index (χ2n) is 5.00. The van der Waals surface area contributed by atoms with Crippen molar-refractivity contribution in [3.8, 4) is 5.75 Å². The Balaban J connectivity index is 1.89. The van der Waals surface area contributed by atoms with Crippen molar-refractivity contribution in [2.24, 2.45) is 5.73 Å². The summed E-state index contributed by atoms with van der Waals surface area (Å²) in [7, 11) is 0. The molecular weight excluding hydrogens is 250 g/mol. The Morgan fingerprint density at radius 2 is 2.10 bits per heavy atom. The highest BCUT2D eigenvalue weighted by molar-refractivity contribution is 5.45. The number of ether oxygens (including phenoxy) is 1. The summed E-state index contributed by atoms with van der Waals surface area (Å²) < 4.78 is 5.79. The SMILES string of the molecule is Cc1nc(N2CCOc3ccccc3C2)ccc1CN. The second kappa shape index (κ2) is 5.51. The fourth-order valence-corrected chi connectivity index (χ4v) is 2.49. The van der Waals surface area contributed by atoms with Crippen molar-refractivity contribution in [3.05, 3.63) is 53.2 Å². The average molecular weight is 269 g/mol. The molecule has 0 unspecified atom stereocenters. The fraction of sp³-hybridized carbons (Fsp3) is 0.312. The predicted molar refractivity (Wildman–Crippen MR) is 79.9 cm³/mol. The summed E-state index contributed by atoms with van der Waals surface area (Å²) in [5.74, 6) is 1.96. The number of aryl methyl sites for hydroxylation is 1. The molecule has 2 aromatic rings. The molecule has 0 atom stereocenters. The number of hydrogen-bond donors (Lipinski definition) is 1. The number of aromatic nitrogens is 1. The summed E-state index contributed by atoms with van der Waals surface area (Å²) in [5, 5.41) is 0. The topological polar surface area (TPSA) is 51.4 Å². The van der Waals surface area contributed by atoms with Gasteiger partial charge in [-0.05, 0) is 24.6 Å². The number of nitrogens with two attached hydrogens (primary N) is 1. The highest BCUT2D eigenvalue weighted by atomic mass is 16.5. The summed E-state index contributed by atoms with van der Waals surface area (Å²) in [5.41, 5.74) is 9.00. The Hall–Kier alpha value is -2.07. The zero-order valence-corrected chi connectivity index (χ0v) is 11.7. The van der Waals surface area contributed by atoms with Gasteiger partial charge in [0.1, 0.15) is 18.2 Å². The van der Waals surface area contributed by atoms with Gasteiger partial charge in [-0.15, -0.1) is 0 Å². The van der Waals surface area contributed by atoms with Gasteiger partial charge in [0.25, 0.3) is 0 Å². The Morgan fingerprint density at radius 1 is 1.25 bits per heavy atom. The molecule has 0 bridgehead atoms. The highest BCUT2D eigenvalue weighted by Crippen LogP contribution is 2.25. The lowest BCUT2D eigenvalue weighted by molar-refractivity contribution is 0.331. The fourth-order valence-electron chi connectivity index (χ4n) is 2.49. The van der Waals surface area contributed by atoms with Crippen LogP contribution in [0.25, 0.3) is 0 Å². The van der Waals surface area contributed by atoms with Crippen LogP contribution in [-0.2, 0) is 13.1 Å². The van der Waals surface area contributed by atoms with Crippen LogP contribution in [0.4, 0.5) is 5.82 Å². The summed E-state index contributed by atoms with van der Waals surface area (Å²) in [6.45, 7) is 4.88. The summed E-state index contributed by atoms with van der Waals surface area (Å²) >= 11 is 0. The van der Waals surface area contributed by atoms with Crippen LogP contribution in [0.5, 0.6) is 5.75 Å². The van der Waals surface area contributed by atoms with Crippen LogP contribution >= 0.6 is 0 Å². The van der Waals surface area contributed by atoms with Gasteiger partial charge in [0.2, 0.25) is 0 Å². The maximum atomic E-state index is 5.79. The molecule has 0 amide bonds. The third kappa shape index (κ3) is 2.47. The average Bonchev–Trinajstić information content (AvgIpc) is 2.69. The molecule has 1 aromatic heterocycles. The van der Waals surface area contributed by atoms with Gasteiger partial charge < -0.3 is 15.4 Å². The first kappa shape index (κ1) is 12.9. The number of anilines is 1. The molecular formula is C16H19N3O. The van der Waals surface area contributed by atoms with E-state index in [9.17, 15) is 0 Å². The van der Waals surface area contributed by atoms with Crippen LogP contribution in [0.1, 0.15) is 16.8 Å². The van der Waals surface area contributed by atoms with Gasteiger partial charge in [0.05, 0.1) is 6.54 Å². The molecule has 0 saturated carbocycles. The lowest BCUT2D eigenvalue weighted by Gasteiger charge is -2.21. The lowest BCUT2D eigenvalue weighted by Crippen LogP contribution is -2.26. The van der Waals surface area contributed by atoms with Crippen LogP contribution in [0.2, 0.25) is 0 Å². The van der Waals surface area contributed by atoms with Gasteiger partial charge in [-0.1, -0.05) is 24.3 Å². The zero-order valence-electron chi connectivity index (χ0n) is 11.7. The van der Waals surface area contributed by atoms with E-state index >= 15 is 0 Å². The molecule has 2 N–H and O–H groups in total. The summed E-state index contributed by atoms with van der Waals surface area (Å²) in [4.78, 5) is 6.92. The molecule has 1 aliphatic heterocycles. The number of fused-ring (bicyclic) bond motifs is 1. The molecule has 3 rings (SSSR count). The largest absolute Gasteiger partial charge is 0.491 e. The minimum absolute atomic E-state index is 0.533. The monoisotopic (exact) mass is 269 g/mol. The van der Waals surface area contributed by atoms with Crippen LogP contribution < -0.4 is 15.4 Å². The van der Waals surface area contributed by atoms with E-state index in [-0.39, 0.29) is 0 Å². The van der Waals surface area contributed by atoms with E-state index in [0.29, 0.717) is 13.2 Å². The number of benzene rings is 1. The molecule has 0 radical (unpaired) electrons. The van der Waals surface area contributed by atoms with Gasteiger partial charge in [0, 0.05) is 24.3 Å².